The Morgan fingerprint density at radius 1 is 1.00 bits per heavy atom. The van der Waals surface area contributed by atoms with E-state index in [4.69, 9.17) is 0 Å². The van der Waals surface area contributed by atoms with Gasteiger partial charge in [-0.2, -0.15) is 0 Å². The van der Waals surface area contributed by atoms with Crippen LogP contribution in [0, 0.1) is 0 Å². The Morgan fingerprint density at radius 2 is 1.79 bits per heavy atom. The molecule has 0 saturated carbocycles. The van der Waals surface area contributed by atoms with Gasteiger partial charge in [-0.15, -0.1) is 0 Å². The zero-order valence-electron chi connectivity index (χ0n) is 7.89. The summed E-state index contributed by atoms with van der Waals surface area (Å²) in [5.41, 5.74) is 3.11. The minimum Gasteiger partial charge on any atom is -0.0616 e. The molecule has 0 heterocycles. The third-order valence-corrected chi connectivity index (χ3v) is 3.73. The third kappa shape index (κ3) is 1.12. The monoisotopic (exact) mass is 246 g/mol. The van der Waals surface area contributed by atoms with E-state index in [-0.39, 0.29) is 0 Å². The highest BCUT2D eigenvalue weighted by Gasteiger charge is 2.15. The molecule has 0 saturated heterocycles. The van der Waals surface area contributed by atoms with Gasteiger partial charge in [-0.25, -0.2) is 0 Å². The molecule has 2 aromatic rings. The third-order valence-electron chi connectivity index (χ3n) is 3.07. The van der Waals surface area contributed by atoms with Gasteiger partial charge >= 0.3 is 0 Å². The van der Waals surface area contributed by atoms with E-state index in [1.54, 1.807) is 5.56 Å². The van der Waals surface area contributed by atoms with Crippen LogP contribution in [0.3, 0.4) is 0 Å². The van der Waals surface area contributed by atoms with Gasteiger partial charge in [0.2, 0.25) is 0 Å². The molecule has 70 valence electrons. The normalized spacial score (nSPS) is 14.6. The molecule has 2 aromatic carbocycles. The van der Waals surface area contributed by atoms with Crippen molar-refractivity contribution in [1.82, 2.24) is 0 Å². The second-order valence-corrected chi connectivity index (χ2v) is 4.75. The molecule has 1 heteroatoms. The quantitative estimate of drug-likeness (QED) is 0.657. The van der Waals surface area contributed by atoms with Gasteiger partial charge in [0.05, 0.1) is 0 Å². The average Bonchev–Trinajstić information content (AvgIpc) is 2.66. The van der Waals surface area contributed by atoms with Gasteiger partial charge in [0.25, 0.3) is 0 Å². The number of benzene rings is 2. The minimum absolute atomic E-state index is 1.24. The lowest BCUT2D eigenvalue weighted by molar-refractivity contribution is 0.913. The number of rotatable bonds is 0. The fourth-order valence-corrected chi connectivity index (χ4v) is 3.04. The maximum absolute atomic E-state index is 3.65. The van der Waals surface area contributed by atoms with Crippen molar-refractivity contribution < 1.29 is 0 Å². The summed E-state index contributed by atoms with van der Waals surface area (Å²) in [5.74, 6) is 0. The Kier molecular flexibility index (Phi) is 1.88. The van der Waals surface area contributed by atoms with Crippen molar-refractivity contribution >= 4 is 26.7 Å². The summed E-state index contributed by atoms with van der Waals surface area (Å²) in [7, 11) is 0. The van der Waals surface area contributed by atoms with E-state index >= 15 is 0 Å². The smallest absolute Gasteiger partial charge is 0.0256 e. The SMILES string of the molecule is Brc1cc2c(c3ccccc13)CCC2. The fraction of sp³-hybridized carbons (Fsp3) is 0.231. The molecule has 3 rings (SSSR count). The number of aryl methyl sites for hydroxylation is 2. The summed E-state index contributed by atoms with van der Waals surface area (Å²) in [5, 5.41) is 2.79. The van der Waals surface area contributed by atoms with Crippen LogP contribution in [-0.2, 0) is 12.8 Å². The number of hydrogen-bond acceptors (Lipinski definition) is 0. The summed E-state index contributed by atoms with van der Waals surface area (Å²) in [6, 6.07) is 11.0. The predicted octanol–water partition coefficient (Wildman–Crippen LogP) is 4.09. The summed E-state index contributed by atoms with van der Waals surface area (Å²) < 4.78 is 1.24. The molecule has 0 spiro atoms. The van der Waals surface area contributed by atoms with E-state index in [1.165, 1.54) is 40.1 Å². The lowest BCUT2D eigenvalue weighted by atomic mass is 10.0. The molecule has 0 unspecified atom stereocenters. The van der Waals surface area contributed by atoms with Gasteiger partial charge in [0.1, 0.15) is 0 Å². The molecule has 0 aromatic heterocycles. The topological polar surface area (TPSA) is 0 Å². The van der Waals surface area contributed by atoms with Crippen molar-refractivity contribution in [3.05, 3.63) is 45.9 Å². The minimum atomic E-state index is 1.24. The van der Waals surface area contributed by atoms with E-state index in [0.29, 0.717) is 0 Å². The standard InChI is InChI=1S/C13H11Br/c14-13-8-9-4-3-7-10(9)11-5-1-2-6-12(11)13/h1-2,5-6,8H,3-4,7H2. The first-order chi connectivity index (χ1) is 6.86. The second kappa shape index (κ2) is 3.09. The number of halogens is 1. The Labute approximate surface area is 92.1 Å². The molecule has 0 aliphatic heterocycles. The Bertz CT molecular complexity index is 500. The van der Waals surface area contributed by atoms with Gasteiger partial charge in [0.15, 0.2) is 0 Å². The van der Waals surface area contributed by atoms with Crippen molar-refractivity contribution in [3.8, 4) is 0 Å². The highest BCUT2D eigenvalue weighted by molar-refractivity contribution is 9.10. The van der Waals surface area contributed by atoms with Crippen LogP contribution in [0.2, 0.25) is 0 Å². The van der Waals surface area contributed by atoms with Crippen molar-refractivity contribution in [2.24, 2.45) is 0 Å². The molecule has 0 atom stereocenters. The molecule has 14 heavy (non-hydrogen) atoms. The van der Waals surface area contributed by atoms with E-state index in [0.717, 1.165) is 0 Å². The van der Waals surface area contributed by atoms with Crippen LogP contribution in [0.25, 0.3) is 10.8 Å². The maximum atomic E-state index is 3.65. The molecule has 0 fully saturated rings. The zero-order chi connectivity index (χ0) is 9.54. The van der Waals surface area contributed by atoms with E-state index in [2.05, 4.69) is 46.3 Å². The summed E-state index contributed by atoms with van der Waals surface area (Å²) in [6.45, 7) is 0. The summed E-state index contributed by atoms with van der Waals surface area (Å²) >= 11 is 3.65. The summed E-state index contributed by atoms with van der Waals surface area (Å²) in [4.78, 5) is 0. The predicted molar refractivity (Wildman–Crippen MR) is 63.7 cm³/mol. The fourth-order valence-electron chi connectivity index (χ4n) is 2.42. The van der Waals surface area contributed by atoms with E-state index in [9.17, 15) is 0 Å². The van der Waals surface area contributed by atoms with Gasteiger partial charge in [-0.3, -0.25) is 0 Å². The van der Waals surface area contributed by atoms with Gasteiger partial charge in [-0.1, -0.05) is 40.2 Å². The molecule has 0 radical (unpaired) electrons. The van der Waals surface area contributed by atoms with Crippen LogP contribution >= 0.6 is 15.9 Å². The van der Waals surface area contributed by atoms with E-state index in [1.807, 2.05) is 0 Å². The number of hydrogen-bond donors (Lipinski definition) is 0. The van der Waals surface area contributed by atoms with Crippen molar-refractivity contribution in [2.75, 3.05) is 0 Å². The first kappa shape index (κ1) is 8.49. The highest BCUT2D eigenvalue weighted by Crippen LogP contribution is 2.34. The molecule has 0 nitrogen and oxygen atoms in total. The van der Waals surface area contributed by atoms with Gasteiger partial charge in [0, 0.05) is 4.47 Å². The van der Waals surface area contributed by atoms with Crippen molar-refractivity contribution in [3.63, 3.8) is 0 Å². The van der Waals surface area contributed by atoms with Crippen molar-refractivity contribution in [1.29, 1.82) is 0 Å². The number of fused-ring (bicyclic) bond motifs is 3. The summed E-state index contributed by atoms with van der Waals surface area (Å²) in [6.07, 6.45) is 3.82. The maximum Gasteiger partial charge on any atom is 0.0256 e. The van der Waals surface area contributed by atoms with Crippen LogP contribution < -0.4 is 0 Å². The zero-order valence-corrected chi connectivity index (χ0v) is 9.47. The van der Waals surface area contributed by atoms with E-state index < -0.39 is 0 Å². The molecule has 1 aliphatic rings. The lowest BCUT2D eigenvalue weighted by Gasteiger charge is -2.07. The first-order valence-corrected chi connectivity index (χ1v) is 5.84. The molecule has 1 aliphatic carbocycles. The van der Waals surface area contributed by atoms with Gasteiger partial charge < -0.3 is 0 Å². The average molecular weight is 247 g/mol. The Hall–Kier alpha value is -0.820. The van der Waals surface area contributed by atoms with Crippen LogP contribution in [0.1, 0.15) is 17.5 Å². The highest BCUT2D eigenvalue weighted by atomic mass is 79.9. The van der Waals surface area contributed by atoms with Crippen molar-refractivity contribution in [2.45, 2.75) is 19.3 Å². The molecular formula is C13H11Br. The molecular weight excluding hydrogens is 236 g/mol. The first-order valence-electron chi connectivity index (χ1n) is 5.05. The largest absolute Gasteiger partial charge is 0.0616 e. The molecule has 0 N–H and O–H groups in total. The van der Waals surface area contributed by atoms with Crippen LogP contribution in [-0.4, -0.2) is 0 Å². The van der Waals surface area contributed by atoms with Crippen LogP contribution in [0.15, 0.2) is 34.8 Å². The lowest BCUT2D eigenvalue weighted by Crippen LogP contribution is -1.86. The Balaban J connectivity index is 2.47. The molecule has 0 amide bonds. The second-order valence-electron chi connectivity index (χ2n) is 3.90. The van der Waals surface area contributed by atoms with Crippen LogP contribution in [0.4, 0.5) is 0 Å². The molecule has 0 bridgehead atoms. The van der Waals surface area contributed by atoms with Gasteiger partial charge in [-0.05, 0) is 47.2 Å². The van der Waals surface area contributed by atoms with Crippen LogP contribution in [0.5, 0.6) is 0 Å². The Morgan fingerprint density at radius 3 is 2.64 bits per heavy atom.